The van der Waals surface area contributed by atoms with E-state index in [9.17, 15) is 0 Å². The fourth-order valence-corrected chi connectivity index (χ4v) is 2.30. The Bertz CT molecular complexity index is 351. The third kappa shape index (κ3) is 2.77. The summed E-state index contributed by atoms with van der Waals surface area (Å²) in [4.78, 5) is 2.36. The molecule has 1 aliphatic rings. The van der Waals surface area contributed by atoms with Gasteiger partial charge in [0.1, 0.15) is 5.75 Å². The number of ether oxygens (including phenoxy) is 2. The minimum absolute atomic E-state index is 0.218. The molecule has 1 fully saturated rings. The third-order valence-corrected chi connectivity index (χ3v) is 3.21. The second kappa shape index (κ2) is 6.00. The average Bonchev–Trinajstić information content (AvgIpc) is 2.41. The van der Waals surface area contributed by atoms with Gasteiger partial charge in [-0.1, -0.05) is 18.2 Å². The summed E-state index contributed by atoms with van der Waals surface area (Å²) >= 11 is 0. The molecule has 0 aliphatic carbocycles. The number of nitrogens with two attached hydrogens (primary N) is 1. The molecule has 1 aromatic rings. The number of methoxy groups -OCH3 is 1. The molecular weight excluding hydrogens is 216 g/mol. The van der Waals surface area contributed by atoms with Gasteiger partial charge in [0.25, 0.3) is 0 Å². The molecule has 2 rings (SSSR count). The van der Waals surface area contributed by atoms with E-state index in [1.54, 1.807) is 7.11 Å². The first-order chi connectivity index (χ1) is 8.36. The fourth-order valence-electron chi connectivity index (χ4n) is 2.30. The van der Waals surface area contributed by atoms with Crippen LogP contribution in [0, 0.1) is 0 Å². The highest BCUT2D eigenvalue weighted by Gasteiger charge is 2.23. The third-order valence-electron chi connectivity index (χ3n) is 3.21. The Balaban J connectivity index is 2.21. The molecule has 1 atom stereocenters. The Morgan fingerprint density at radius 3 is 2.71 bits per heavy atom. The Kier molecular flexibility index (Phi) is 4.36. The van der Waals surface area contributed by atoms with Crippen LogP contribution in [0.4, 0.5) is 0 Å². The summed E-state index contributed by atoms with van der Waals surface area (Å²) in [6.45, 7) is 4.03. The Morgan fingerprint density at radius 1 is 1.35 bits per heavy atom. The van der Waals surface area contributed by atoms with Crippen molar-refractivity contribution in [3.63, 3.8) is 0 Å². The van der Waals surface area contributed by atoms with Gasteiger partial charge in [-0.25, -0.2) is 0 Å². The van der Waals surface area contributed by atoms with Gasteiger partial charge in [-0.05, 0) is 6.07 Å². The maximum Gasteiger partial charge on any atom is 0.123 e. The maximum absolute atomic E-state index is 5.92. The van der Waals surface area contributed by atoms with Crippen LogP contribution < -0.4 is 10.5 Å². The standard InChI is InChI=1S/C13H20N2O2/c1-16-13-5-3-2-4-11(13)12(10-14)15-6-8-17-9-7-15/h2-5,12H,6-10,14H2,1H3. The van der Waals surface area contributed by atoms with E-state index in [2.05, 4.69) is 11.0 Å². The number of para-hydroxylation sites is 1. The van der Waals surface area contributed by atoms with Gasteiger partial charge in [-0.15, -0.1) is 0 Å². The highest BCUT2D eigenvalue weighted by atomic mass is 16.5. The molecule has 0 saturated carbocycles. The van der Waals surface area contributed by atoms with E-state index >= 15 is 0 Å². The van der Waals surface area contributed by atoms with Crippen molar-refractivity contribution in [2.45, 2.75) is 6.04 Å². The van der Waals surface area contributed by atoms with E-state index < -0.39 is 0 Å². The highest BCUT2D eigenvalue weighted by Crippen LogP contribution is 2.28. The Hall–Kier alpha value is -1.10. The molecular formula is C13H20N2O2. The van der Waals surface area contributed by atoms with Crippen molar-refractivity contribution in [3.8, 4) is 5.75 Å². The molecule has 1 unspecified atom stereocenters. The van der Waals surface area contributed by atoms with Crippen LogP contribution in [0.2, 0.25) is 0 Å². The highest BCUT2D eigenvalue weighted by molar-refractivity contribution is 5.36. The Morgan fingerprint density at radius 2 is 2.06 bits per heavy atom. The molecule has 2 N–H and O–H groups in total. The van der Waals surface area contributed by atoms with E-state index in [-0.39, 0.29) is 6.04 Å². The van der Waals surface area contributed by atoms with Crippen LogP contribution in [0.5, 0.6) is 5.75 Å². The first-order valence-corrected chi connectivity index (χ1v) is 6.01. The van der Waals surface area contributed by atoms with Crippen LogP contribution in [0.1, 0.15) is 11.6 Å². The molecule has 1 saturated heterocycles. The van der Waals surface area contributed by atoms with Crippen molar-refractivity contribution in [3.05, 3.63) is 29.8 Å². The zero-order valence-electron chi connectivity index (χ0n) is 10.3. The second-order valence-electron chi connectivity index (χ2n) is 4.14. The normalized spacial score (nSPS) is 18.9. The molecule has 1 aliphatic heterocycles. The van der Waals surface area contributed by atoms with Gasteiger partial charge in [0.2, 0.25) is 0 Å². The average molecular weight is 236 g/mol. The molecule has 4 heteroatoms. The number of nitrogens with zero attached hydrogens (tertiary/aromatic N) is 1. The molecule has 1 aromatic carbocycles. The van der Waals surface area contributed by atoms with Crippen molar-refractivity contribution in [1.29, 1.82) is 0 Å². The lowest BCUT2D eigenvalue weighted by Gasteiger charge is -2.34. The van der Waals surface area contributed by atoms with Gasteiger partial charge in [0.15, 0.2) is 0 Å². The predicted octanol–water partition coefficient (Wildman–Crippen LogP) is 1.03. The molecule has 0 aromatic heterocycles. The molecule has 0 radical (unpaired) electrons. The van der Waals surface area contributed by atoms with Gasteiger partial charge in [0.05, 0.1) is 26.4 Å². The molecule has 94 valence electrons. The summed E-state index contributed by atoms with van der Waals surface area (Å²) in [6.07, 6.45) is 0. The van der Waals surface area contributed by atoms with Crippen molar-refractivity contribution in [2.75, 3.05) is 40.0 Å². The van der Waals surface area contributed by atoms with Crippen LogP contribution in [-0.2, 0) is 4.74 Å². The summed E-state index contributed by atoms with van der Waals surface area (Å²) in [5.74, 6) is 0.912. The smallest absolute Gasteiger partial charge is 0.123 e. The van der Waals surface area contributed by atoms with E-state index in [0.29, 0.717) is 6.54 Å². The first-order valence-electron chi connectivity index (χ1n) is 6.01. The van der Waals surface area contributed by atoms with Crippen molar-refractivity contribution < 1.29 is 9.47 Å². The van der Waals surface area contributed by atoms with E-state index in [1.807, 2.05) is 18.2 Å². The van der Waals surface area contributed by atoms with Gasteiger partial charge >= 0.3 is 0 Å². The van der Waals surface area contributed by atoms with E-state index in [0.717, 1.165) is 32.1 Å². The zero-order valence-corrected chi connectivity index (χ0v) is 10.3. The summed E-state index contributed by atoms with van der Waals surface area (Å²) < 4.78 is 10.8. The Labute approximate surface area is 102 Å². The van der Waals surface area contributed by atoms with E-state index in [4.69, 9.17) is 15.2 Å². The van der Waals surface area contributed by atoms with Crippen LogP contribution in [0.25, 0.3) is 0 Å². The zero-order chi connectivity index (χ0) is 12.1. The van der Waals surface area contributed by atoms with Crippen molar-refractivity contribution in [2.24, 2.45) is 5.73 Å². The summed E-state index contributed by atoms with van der Waals surface area (Å²) in [5, 5.41) is 0. The second-order valence-corrected chi connectivity index (χ2v) is 4.14. The minimum Gasteiger partial charge on any atom is -0.496 e. The number of hydrogen-bond donors (Lipinski definition) is 1. The van der Waals surface area contributed by atoms with Crippen molar-refractivity contribution >= 4 is 0 Å². The van der Waals surface area contributed by atoms with Gasteiger partial charge in [-0.3, -0.25) is 4.90 Å². The molecule has 17 heavy (non-hydrogen) atoms. The topological polar surface area (TPSA) is 47.7 Å². The lowest BCUT2D eigenvalue weighted by atomic mass is 10.0. The lowest BCUT2D eigenvalue weighted by molar-refractivity contribution is 0.0174. The SMILES string of the molecule is COc1ccccc1C(CN)N1CCOCC1. The van der Waals surface area contributed by atoms with Gasteiger partial charge < -0.3 is 15.2 Å². The lowest BCUT2D eigenvalue weighted by Crippen LogP contribution is -2.41. The first kappa shape index (κ1) is 12.4. The predicted molar refractivity (Wildman–Crippen MR) is 67.2 cm³/mol. The molecule has 1 heterocycles. The van der Waals surface area contributed by atoms with Crippen LogP contribution in [0.3, 0.4) is 0 Å². The van der Waals surface area contributed by atoms with Crippen LogP contribution in [-0.4, -0.2) is 44.9 Å². The monoisotopic (exact) mass is 236 g/mol. The molecule has 4 nitrogen and oxygen atoms in total. The molecule has 0 spiro atoms. The largest absolute Gasteiger partial charge is 0.496 e. The number of rotatable bonds is 4. The quantitative estimate of drug-likeness (QED) is 0.848. The number of morpholine rings is 1. The van der Waals surface area contributed by atoms with E-state index in [1.165, 1.54) is 5.56 Å². The minimum atomic E-state index is 0.218. The van der Waals surface area contributed by atoms with Crippen LogP contribution >= 0.6 is 0 Å². The molecule has 0 amide bonds. The fraction of sp³-hybridized carbons (Fsp3) is 0.538. The van der Waals surface area contributed by atoms with Crippen molar-refractivity contribution in [1.82, 2.24) is 4.90 Å². The van der Waals surface area contributed by atoms with Crippen LogP contribution in [0.15, 0.2) is 24.3 Å². The number of benzene rings is 1. The molecule has 0 bridgehead atoms. The van der Waals surface area contributed by atoms with Gasteiger partial charge in [-0.2, -0.15) is 0 Å². The maximum atomic E-state index is 5.92. The number of hydrogen-bond acceptors (Lipinski definition) is 4. The summed E-state index contributed by atoms with van der Waals surface area (Å²) in [6, 6.07) is 8.30. The summed E-state index contributed by atoms with van der Waals surface area (Å²) in [5.41, 5.74) is 7.09. The van der Waals surface area contributed by atoms with Gasteiger partial charge in [0, 0.05) is 25.2 Å². The summed E-state index contributed by atoms with van der Waals surface area (Å²) in [7, 11) is 1.70.